The maximum atomic E-state index is 4.77. The summed E-state index contributed by atoms with van der Waals surface area (Å²) in [5, 5.41) is 0. The minimum absolute atomic E-state index is 0.0372. The monoisotopic (exact) mass is 362 g/mol. The summed E-state index contributed by atoms with van der Waals surface area (Å²) < 4.78 is 0. The predicted octanol–water partition coefficient (Wildman–Crippen LogP) is 5.43. The van der Waals surface area contributed by atoms with Crippen LogP contribution in [0.25, 0.3) is 0 Å². The number of aromatic nitrogens is 2. The Labute approximate surface area is 162 Å². The standard InChI is InChI=1S/C23H30N4/c1-7-22(6)21-26(16(4)5)19-20(25-15-14-24-19)27(21)18-13-11-10-12-17(18)23(22,8-2)9-3/h8,10-16,21H,2,7,9H2,1,3-6H3. The Morgan fingerprint density at radius 1 is 1.11 bits per heavy atom. The second-order valence-electron chi connectivity index (χ2n) is 8.27. The van der Waals surface area contributed by atoms with Crippen molar-refractivity contribution in [3.63, 3.8) is 0 Å². The van der Waals surface area contributed by atoms with Crippen molar-refractivity contribution < 1.29 is 0 Å². The molecule has 0 saturated carbocycles. The molecular weight excluding hydrogens is 332 g/mol. The molecule has 0 N–H and O–H groups in total. The van der Waals surface area contributed by atoms with Crippen molar-refractivity contribution in [1.82, 2.24) is 9.97 Å². The normalized spacial score (nSPS) is 28.7. The number of rotatable bonds is 4. The van der Waals surface area contributed by atoms with E-state index in [0.29, 0.717) is 6.04 Å². The Hall–Kier alpha value is -2.36. The molecule has 27 heavy (non-hydrogen) atoms. The van der Waals surface area contributed by atoms with Crippen LogP contribution in [0.2, 0.25) is 0 Å². The number of para-hydroxylation sites is 1. The van der Waals surface area contributed by atoms with Gasteiger partial charge in [0.25, 0.3) is 0 Å². The summed E-state index contributed by atoms with van der Waals surface area (Å²) in [7, 11) is 0. The summed E-state index contributed by atoms with van der Waals surface area (Å²) in [4.78, 5) is 14.4. The van der Waals surface area contributed by atoms with Gasteiger partial charge < -0.3 is 9.80 Å². The topological polar surface area (TPSA) is 32.3 Å². The van der Waals surface area contributed by atoms with E-state index in [1.807, 2.05) is 6.20 Å². The van der Waals surface area contributed by atoms with Gasteiger partial charge in [0, 0.05) is 35.0 Å². The van der Waals surface area contributed by atoms with Gasteiger partial charge in [-0.15, -0.1) is 6.58 Å². The van der Waals surface area contributed by atoms with Crippen LogP contribution >= 0.6 is 0 Å². The molecule has 0 aliphatic carbocycles. The largest absolute Gasteiger partial charge is 0.330 e. The second kappa shape index (κ2) is 6.08. The minimum atomic E-state index is -0.102. The van der Waals surface area contributed by atoms with Crippen LogP contribution in [0.1, 0.15) is 53.0 Å². The fourth-order valence-electron chi connectivity index (χ4n) is 5.57. The van der Waals surface area contributed by atoms with Gasteiger partial charge in [-0.2, -0.15) is 0 Å². The zero-order chi connectivity index (χ0) is 19.4. The fourth-order valence-corrected chi connectivity index (χ4v) is 5.57. The van der Waals surface area contributed by atoms with Gasteiger partial charge in [-0.1, -0.05) is 45.0 Å². The molecule has 0 spiro atoms. The predicted molar refractivity (Wildman–Crippen MR) is 113 cm³/mol. The number of allylic oxidation sites excluding steroid dienone is 1. The summed E-state index contributed by atoms with van der Waals surface area (Å²) >= 11 is 0. The van der Waals surface area contributed by atoms with Crippen molar-refractivity contribution in [1.29, 1.82) is 0 Å². The lowest BCUT2D eigenvalue weighted by molar-refractivity contribution is 0.112. The highest BCUT2D eigenvalue weighted by molar-refractivity contribution is 5.83. The Morgan fingerprint density at radius 2 is 1.78 bits per heavy atom. The zero-order valence-electron chi connectivity index (χ0n) is 17.1. The molecule has 3 heterocycles. The summed E-state index contributed by atoms with van der Waals surface area (Å²) in [6.07, 6.45) is 8.04. The molecule has 1 aromatic carbocycles. The molecule has 3 unspecified atom stereocenters. The highest BCUT2D eigenvalue weighted by Gasteiger charge is 2.61. The number of hydrogen-bond acceptors (Lipinski definition) is 4. The van der Waals surface area contributed by atoms with Crippen LogP contribution < -0.4 is 9.80 Å². The highest BCUT2D eigenvalue weighted by Crippen LogP contribution is 2.63. The number of hydrogen-bond donors (Lipinski definition) is 0. The SMILES string of the molecule is C=CC1(CC)c2ccccc2N2c3nccnc3N(C(C)C)C2C1(C)CC. The van der Waals surface area contributed by atoms with Gasteiger partial charge in [0.1, 0.15) is 6.17 Å². The lowest BCUT2D eigenvalue weighted by Crippen LogP contribution is -2.64. The quantitative estimate of drug-likeness (QED) is 0.679. The molecule has 2 aliphatic rings. The van der Waals surface area contributed by atoms with Gasteiger partial charge in [0.2, 0.25) is 0 Å². The van der Waals surface area contributed by atoms with Crippen molar-refractivity contribution in [2.45, 2.75) is 65.1 Å². The lowest BCUT2D eigenvalue weighted by atomic mass is 9.54. The van der Waals surface area contributed by atoms with E-state index in [9.17, 15) is 0 Å². The minimum Gasteiger partial charge on any atom is -0.330 e. The molecule has 0 saturated heterocycles. The van der Waals surface area contributed by atoms with E-state index in [1.165, 1.54) is 11.3 Å². The maximum Gasteiger partial charge on any atom is 0.178 e. The molecule has 0 amide bonds. The molecule has 4 rings (SSSR count). The van der Waals surface area contributed by atoms with Gasteiger partial charge in [-0.3, -0.25) is 0 Å². The Balaban J connectivity index is 2.11. The average Bonchev–Trinajstić information content (AvgIpc) is 3.05. The Morgan fingerprint density at radius 3 is 2.37 bits per heavy atom. The van der Waals surface area contributed by atoms with Gasteiger partial charge >= 0.3 is 0 Å². The first-order valence-corrected chi connectivity index (χ1v) is 10.1. The summed E-state index contributed by atoms with van der Waals surface area (Å²) in [6.45, 7) is 15.9. The van der Waals surface area contributed by atoms with Gasteiger partial charge in [-0.05, 0) is 38.3 Å². The summed E-state index contributed by atoms with van der Waals surface area (Å²) in [6, 6.07) is 9.11. The van der Waals surface area contributed by atoms with Crippen LogP contribution in [0, 0.1) is 5.41 Å². The smallest absolute Gasteiger partial charge is 0.178 e. The third-order valence-electron chi connectivity index (χ3n) is 7.07. The van der Waals surface area contributed by atoms with E-state index < -0.39 is 0 Å². The molecule has 4 nitrogen and oxygen atoms in total. The van der Waals surface area contributed by atoms with E-state index in [0.717, 1.165) is 24.5 Å². The van der Waals surface area contributed by atoms with E-state index in [-0.39, 0.29) is 17.0 Å². The third-order valence-corrected chi connectivity index (χ3v) is 7.07. The first kappa shape index (κ1) is 18.0. The van der Waals surface area contributed by atoms with Gasteiger partial charge in [0.05, 0.1) is 0 Å². The molecule has 0 radical (unpaired) electrons. The van der Waals surface area contributed by atoms with E-state index in [1.54, 1.807) is 6.20 Å². The highest BCUT2D eigenvalue weighted by atomic mass is 15.5. The van der Waals surface area contributed by atoms with Gasteiger partial charge in [0.15, 0.2) is 11.6 Å². The summed E-state index contributed by atoms with van der Waals surface area (Å²) in [5.41, 5.74) is 2.45. The van der Waals surface area contributed by atoms with Crippen LogP contribution in [-0.4, -0.2) is 22.2 Å². The van der Waals surface area contributed by atoms with Gasteiger partial charge in [-0.25, -0.2) is 9.97 Å². The Bertz CT molecular complexity index is 876. The van der Waals surface area contributed by atoms with Crippen molar-refractivity contribution in [2.75, 3.05) is 9.80 Å². The molecule has 142 valence electrons. The number of fused-ring (bicyclic) bond motifs is 5. The Kier molecular flexibility index (Phi) is 4.06. The van der Waals surface area contributed by atoms with Crippen molar-refractivity contribution in [2.24, 2.45) is 5.41 Å². The molecule has 2 aromatic rings. The van der Waals surface area contributed by atoms with Crippen LogP contribution in [0.5, 0.6) is 0 Å². The first-order valence-electron chi connectivity index (χ1n) is 10.1. The zero-order valence-corrected chi connectivity index (χ0v) is 17.1. The maximum absolute atomic E-state index is 4.77. The summed E-state index contributed by atoms with van der Waals surface area (Å²) in [5.74, 6) is 1.96. The van der Waals surface area contributed by atoms with E-state index >= 15 is 0 Å². The molecule has 3 atom stereocenters. The molecule has 4 heteroatoms. The lowest BCUT2D eigenvalue weighted by Gasteiger charge is -2.59. The third kappa shape index (κ3) is 2.04. The van der Waals surface area contributed by atoms with E-state index in [4.69, 9.17) is 9.97 Å². The van der Waals surface area contributed by atoms with E-state index in [2.05, 4.69) is 81.3 Å². The van der Waals surface area contributed by atoms with Crippen LogP contribution in [-0.2, 0) is 5.41 Å². The fraction of sp³-hybridized carbons (Fsp3) is 0.478. The molecule has 1 aromatic heterocycles. The number of nitrogens with zero attached hydrogens (tertiary/aromatic N) is 4. The van der Waals surface area contributed by atoms with Crippen LogP contribution in [0.3, 0.4) is 0 Å². The van der Waals surface area contributed by atoms with Crippen molar-refractivity contribution in [3.8, 4) is 0 Å². The average molecular weight is 363 g/mol. The molecular formula is C23H30N4. The second-order valence-corrected chi connectivity index (χ2v) is 8.27. The number of anilines is 3. The first-order chi connectivity index (χ1) is 13.0. The van der Waals surface area contributed by atoms with Crippen molar-refractivity contribution in [3.05, 3.63) is 54.9 Å². The molecule has 0 bridgehead atoms. The molecule has 0 fully saturated rings. The molecule has 2 aliphatic heterocycles. The van der Waals surface area contributed by atoms with Crippen LogP contribution in [0.4, 0.5) is 17.3 Å². The number of benzene rings is 1. The van der Waals surface area contributed by atoms with Crippen molar-refractivity contribution >= 4 is 17.3 Å². The van der Waals surface area contributed by atoms with Crippen LogP contribution in [0.15, 0.2) is 49.3 Å².